The standard InChI is InChI=1S/C15H23N3O/c1-3-15(7-4-8-17-11-15)14(19)18-12(2)13-5-9-16-10-6-13/h5-6,9-10,12,17H,3-4,7-8,11H2,1-2H3,(H,18,19). The van der Waals surface area contributed by atoms with Crippen molar-refractivity contribution >= 4 is 5.91 Å². The summed E-state index contributed by atoms with van der Waals surface area (Å²) in [5.74, 6) is 0.173. The highest BCUT2D eigenvalue weighted by molar-refractivity contribution is 5.83. The predicted molar refractivity (Wildman–Crippen MR) is 75.6 cm³/mol. The quantitative estimate of drug-likeness (QED) is 0.872. The zero-order valence-electron chi connectivity index (χ0n) is 11.8. The van der Waals surface area contributed by atoms with E-state index in [4.69, 9.17) is 0 Å². The Kier molecular flexibility index (Phi) is 4.53. The monoisotopic (exact) mass is 261 g/mol. The normalized spacial score (nSPS) is 24.7. The topological polar surface area (TPSA) is 54.0 Å². The van der Waals surface area contributed by atoms with Crippen molar-refractivity contribution in [1.82, 2.24) is 15.6 Å². The number of aromatic nitrogens is 1. The second-order valence-corrected chi connectivity index (χ2v) is 5.39. The Labute approximate surface area is 115 Å². The van der Waals surface area contributed by atoms with E-state index in [0.29, 0.717) is 0 Å². The first-order chi connectivity index (χ1) is 9.18. The molecule has 2 N–H and O–H groups in total. The molecule has 0 aromatic carbocycles. The van der Waals surface area contributed by atoms with Gasteiger partial charge in [-0.2, -0.15) is 0 Å². The fourth-order valence-electron chi connectivity index (χ4n) is 2.71. The van der Waals surface area contributed by atoms with Gasteiger partial charge in [-0.1, -0.05) is 6.92 Å². The lowest BCUT2D eigenvalue weighted by Crippen LogP contribution is -2.50. The Morgan fingerprint density at radius 3 is 2.84 bits per heavy atom. The summed E-state index contributed by atoms with van der Waals surface area (Å²) >= 11 is 0. The minimum Gasteiger partial charge on any atom is -0.349 e. The van der Waals surface area contributed by atoms with Crippen LogP contribution < -0.4 is 10.6 Å². The molecule has 19 heavy (non-hydrogen) atoms. The number of nitrogens with one attached hydrogen (secondary N) is 2. The second kappa shape index (κ2) is 6.15. The van der Waals surface area contributed by atoms with Crippen LogP contribution in [0.3, 0.4) is 0 Å². The molecule has 1 aromatic heterocycles. The molecule has 4 nitrogen and oxygen atoms in total. The third-order valence-electron chi connectivity index (χ3n) is 4.18. The minimum atomic E-state index is -0.237. The summed E-state index contributed by atoms with van der Waals surface area (Å²) in [6.45, 7) is 5.93. The van der Waals surface area contributed by atoms with Crippen molar-refractivity contribution in [2.75, 3.05) is 13.1 Å². The van der Waals surface area contributed by atoms with Gasteiger partial charge in [0, 0.05) is 18.9 Å². The molecule has 2 rings (SSSR count). The highest BCUT2D eigenvalue weighted by Gasteiger charge is 2.38. The van der Waals surface area contributed by atoms with Gasteiger partial charge in [0.1, 0.15) is 0 Å². The van der Waals surface area contributed by atoms with Crippen molar-refractivity contribution in [1.29, 1.82) is 0 Å². The van der Waals surface area contributed by atoms with E-state index in [9.17, 15) is 4.79 Å². The summed E-state index contributed by atoms with van der Waals surface area (Å²) in [5.41, 5.74) is 0.859. The minimum absolute atomic E-state index is 0.0286. The van der Waals surface area contributed by atoms with Crippen molar-refractivity contribution in [2.45, 2.75) is 39.2 Å². The van der Waals surface area contributed by atoms with Crippen LogP contribution in [0.2, 0.25) is 0 Å². The van der Waals surface area contributed by atoms with Crippen LogP contribution in [0.25, 0.3) is 0 Å². The molecule has 2 atom stereocenters. The molecule has 2 unspecified atom stereocenters. The van der Waals surface area contributed by atoms with Gasteiger partial charge in [0.25, 0.3) is 0 Å². The Morgan fingerprint density at radius 1 is 1.53 bits per heavy atom. The van der Waals surface area contributed by atoms with E-state index >= 15 is 0 Å². The molecule has 1 aromatic rings. The molecule has 2 heterocycles. The highest BCUT2D eigenvalue weighted by atomic mass is 16.2. The first kappa shape index (κ1) is 14.0. The first-order valence-corrected chi connectivity index (χ1v) is 7.09. The van der Waals surface area contributed by atoms with Gasteiger partial charge in [-0.05, 0) is 50.4 Å². The van der Waals surface area contributed by atoms with E-state index in [1.165, 1.54) is 0 Å². The van der Waals surface area contributed by atoms with Crippen molar-refractivity contribution in [3.63, 3.8) is 0 Å². The number of pyridine rings is 1. The Hall–Kier alpha value is -1.42. The fraction of sp³-hybridized carbons (Fsp3) is 0.600. The van der Waals surface area contributed by atoms with Crippen LogP contribution in [-0.4, -0.2) is 24.0 Å². The smallest absolute Gasteiger partial charge is 0.227 e. The van der Waals surface area contributed by atoms with E-state index in [1.807, 2.05) is 19.1 Å². The van der Waals surface area contributed by atoms with Crippen molar-refractivity contribution in [3.05, 3.63) is 30.1 Å². The number of piperidine rings is 1. The van der Waals surface area contributed by atoms with Crippen LogP contribution >= 0.6 is 0 Å². The molecule has 1 fully saturated rings. The van der Waals surface area contributed by atoms with Crippen LogP contribution in [0.1, 0.15) is 44.7 Å². The third kappa shape index (κ3) is 3.13. The van der Waals surface area contributed by atoms with Gasteiger partial charge < -0.3 is 10.6 Å². The van der Waals surface area contributed by atoms with Crippen molar-refractivity contribution in [2.24, 2.45) is 5.41 Å². The molecule has 0 spiro atoms. The average Bonchev–Trinajstić information content (AvgIpc) is 2.48. The Bertz CT molecular complexity index is 413. The SMILES string of the molecule is CCC1(C(=O)NC(C)c2ccncc2)CCCNC1. The molecule has 1 saturated heterocycles. The zero-order valence-corrected chi connectivity index (χ0v) is 11.8. The van der Waals surface area contributed by atoms with Gasteiger partial charge in [0.2, 0.25) is 5.91 Å². The summed E-state index contributed by atoms with van der Waals surface area (Å²) in [4.78, 5) is 16.6. The van der Waals surface area contributed by atoms with Crippen molar-refractivity contribution in [3.8, 4) is 0 Å². The van der Waals surface area contributed by atoms with Crippen LogP contribution in [0.15, 0.2) is 24.5 Å². The molecule has 4 heteroatoms. The van der Waals surface area contributed by atoms with E-state index in [1.54, 1.807) is 12.4 Å². The number of carbonyl (C=O) groups is 1. The van der Waals surface area contributed by atoms with Crippen LogP contribution in [-0.2, 0) is 4.79 Å². The van der Waals surface area contributed by atoms with Gasteiger partial charge in [-0.15, -0.1) is 0 Å². The Morgan fingerprint density at radius 2 is 2.26 bits per heavy atom. The second-order valence-electron chi connectivity index (χ2n) is 5.39. The maximum absolute atomic E-state index is 12.6. The molecule has 1 aliphatic rings. The summed E-state index contributed by atoms with van der Waals surface area (Å²) in [5, 5.41) is 6.50. The lowest BCUT2D eigenvalue weighted by Gasteiger charge is -2.36. The Balaban J connectivity index is 2.03. The molecule has 104 valence electrons. The van der Waals surface area contributed by atoms with E-state index in [2.05, 4.69) is 22.5 Å². The number of hydrogen-bond acceptors (Lipinski definition) is 3. The van der Waals surface area contributed by atoms with Gasteiger partial charge in [-0.3, -0.25) is 9.78 Å². The number of hydrogen-bond donors (Lipinski definition) is 2. The number of nitrogens with zero attached hydrogens (tertiary/aromatic N) is 1. The highest BCUT2D eigenvalue weighted by Crippen LogP contribution is 2.31. The largest absolute Gasteiger partial charge is 0.349 e. The molecule has 0 aliphatic carbocycles. The first-order valence-electron chi connectivity index (χ1n) is 7.09. The third-order valence-corrected chi connectivity index (χ3v) is 4.18. The summed E-state index contributed by atoms with van der Waals surface area (Å²) in [6, 6.07) is 3.92. The maximum atomic E-state index is 12.6. The fourth-order valence-corrected chi connectivity index (χ4v) is 2.71. The predicted octanol–water partition coefficient (Wildman–Crippen LogP) is 2.04. The van der Waals surface area contributed by atoms with Crippen LogP contribution in [0.4, 0.5) is 0 Å². The van der Waals surface area contributed by atoms with Gasteiger partial charge in [0.05, 0.1) is 11.5 Å². The molecule has 0 saturated carbocycles. The average molecular weight is 261 g/mol. The van der Waals surface area contributed by atoms with Gasteiger partial charge in [0.15, 0.2) is 0 Å². The lowest BCUT2D eigenvalue weighted by atomic mass is 9.77. The maximum Gasteiger partial charge on any atom is 0.227 e. The lowest BCUT2D eigenvalue weighted by molar-refractivity contribution is -0.133. The van der Waals surface area contributed by atoms with E-state index in [-0.39, 0.29) is 17.4 Å². The summed E-state index contributed by atoms with van der Waals surface area (Å²) < 4.78 is 0. The van der Waals surface area contributed by atoms with Crippen molar-refractivity contribution < 1.29 is 4.79 Å². The molecule has 1 aliphatic heterocycles. The number of amides is 1. The van der Waals surface area contributed by atoms with E-state index < -0.39 is 0 Å². The van der Waals surface area contributed by atoms with Gasteiger partial charge in [-0.25, -0.2) is 0 Å². The summed E-state index contributed by atoms with van der Waals surface area (Å²) in [6.07, 6.45) is 6.46. The number of rotatable bonds is 4. The van der Waals surface area contributed by atoms with Gasteiger partial charge >= 0.3 is 0 Å². The summed E-state index contributed by atoms with van der Waals surface area (Å²) in [7, 11) is 0. The van der Waals surface area contributed by atoms with Crippen LogP contribution in [0, 0.1) is 5.41 Å². The van der Waals surface area contributed by atoms with E-state index in [0.717, 1.165) is 37.9 Å². The molecule has 0 radical (unpaired) electrons. The molecular weight excluding hydrogens is 238 g/mol. The zero-order chi connectivity index (χ0) is 13.7. The molecule has 1 amide bonds. The van der Waals surface area contributed by atoms with Crippen LogP contribution in [0.5, 0.6) is 0 Å². The number of carbonyl (C=O) groups excluding carboxylic acids is 1. The molecular formula is C15H23N3O. The molecule has 0 bridgehead atoms.